The highest BCUT2D eigenvalue weighted by Crippen LogP contribution is 2.30. The summed E-state index contributed by atoms with van der Waals surface area (Å²) in [6.45, 7) is 1.57. The lowest BCUT2D eigenvalue weighted by atomic mass is 10.0. The number of esters is 1. The summed E-state index contributed by atoms with van der Waals surface area (Å²) in [6, 6.07) is 10.5. The molecule has 0 spiro atoms. The van der Waals surface area contributed by atoms with Crippen LogP contribution in [0.2, 0.25) is 0 Å². The second-order valence-corrected chi connectivity index (χ2v) is 7.12. The topological polar surface area (TPSA) is 108 Å². The van der Waals surface area contributed by atoms with Crippen LogP contribution in [-0.4, -0.2) is 45.8 Å². The van der Waals surface area contributed by atoms with E-state index in [0.29, 0.717) is 16.9 Å². The first kappa shape index (κ1) is 24.7. The van der Waals surface area contributed by atoms with Crippen LogP contribution < -0.4 is 10.1 Å². The van der Waals surface area contributed by atoms with Gasteiger partial charge in [0.05, 0.1) is 31.7 Å². The van der Waals surface area contributed by atoms with Crippen LogP contribution in [0, 0.1) is 0 Å². The summed E-state index contributed by atoms with van der Waals surface area (Å²) in [4.78, 5) is 25.7. The van der Waals surface area contributed by atoms with Gasteiger partial charge in [0.2, 0.25) is 11.7 Å². The minimum atomic E-state index is -4.45. The Morgan fingerprint density at radius 3 is 2.35 bits per heavy atom. The van der Waals surface area contributed by atoms with Crippen molar-refractivity contribution in [2.75, 3.05) is 13.7 Å². The number of tetrazole rings is 1. The third-order valence-corrected chi connectivity index (χ3v) is 4.74. The third-order valence-electron chi connectivity index (χ3n) is 4.74. The van der Waals surface area contributed by atoms with Crippen LogP contribution in [0.25, 0.3) is 11.4 Å². The zero-order valence-corrected chi connectivity index (χ0v) is 18.4. The molecule has 0 unspecified atom stereocenters. The lowest BCUT2D eigenvalue weighted by Gasteiger charge is -2.18. The second-order valence-electron chi connectivity index (χ2n) is 7.12. The van der Waals surface area contributed by atoms with Crippen molar-refractivity contribution < 1.29 is 32.2 Å². The Kier molecular flexibility index (Phi) is 7.82. The van der Waals surface area contributed by atoms with Crippen molar-refractivity contribution in [3.63, 3.8) is 0 Å². The minimum absolute atomic E-state index is 0.0692. The SMILES string of the molecule is CCOC(=O)C[C@H](NC(=O)Cn1nnc(-c2ccc(C(F)(F)F)cc2)n1)c1ccc(OC)cc1. The van der Waals surface area contributed by atoms with E-state index >= 15 is 0 Å². The molecule has 0 radical (unpaired) electrons. The monoisotopic (exact) mass is 477 g/mol. The normalized spacial score (nSPS) is 12.1. The highest BCUT2D eigenvalue weighted by Gasteiger charge is 2.30. The number of ether oxygens (including phenoxy) is 2. The van der Waals surface area contributed by atoms with Gasteiger partial charge in [-0.3, -0.25) is 9.59 Å². The molecule has 3 aromatic rings. The summed E-state index contributed by atoms with van der Waals surface area (Å²) in [5.74, 6) is -0.291. The molecule has 0 saturated heterocycles. The number of carbonyl (C=O) groups is 2. The number of nitrogens with one attached hydrogen (secondary N) is 1. The van der Waals surface area contributed by atoms with E-state index < -0.39 is 29.7 Å². The van der Waals surface area contributed by atoms with Crippen LogP contribution in [0.15, 0.2) is 48.5 Å². The molecule has 1 N–H and O–H groups in total. The maximum absolute atomic E-state index is 12.7. The van der Waals surface area contributed by atoms with E-state index in [1.54, 1.807) is 31.2 Å². The van der Waals surface area contributed by atoms with Gasteiger partial charge in [-0.1, -0.05) is 24.3 Å². The molecule has 0 aliphatic rings. The molecule has 1 atom stereocenters. The van der Waals surface area contributed by atoms with Crippen molar-refractivity contribution in [2.45, 2.75) is 32.1 Å². The van der Waals surface area contributed by atoms with Crippen LogP contribution in [-0.2, 0) is 27.0 Å². The van der Waals surface area contributed by atoms with Gasteiger partial charge < -0.3 is 14.8 Å². The number of methoxy groups -OCH3 is 1. The highest BCUT2D eigenvalue weighted by atomic mass is 19.4. The lowest BCUT2D eigenvalue weighted by molar-refractivity contribution is -0.144. The molecule has 9 nitrogen and oxygen atoms in total. The fourth-order valence-electron chi connectivity index (χ4n) is 3.08. The average molecular weight is 477 g/mol. The molecule has 0 bridgehead atoms. The highest BCUT2D eigenvalue weighted by molar-refractivity contribution is 5.78. The maximum atomic E-state index is 12.7. The summed E-state index contributed by atoms with van der Waals surface area (Å²) in [5.41, 5.74) is 0.187. The molecule has 0 fully saturated rings. The Balaban J connectivity index is 1.69. The third kappa shape index (κ3) is 6.53. The molecule has 2 aromatic carbocycles. The van der Waals surface area contributed by atoms with Gasteiger partial charge in [-0.15, -0.1) is 10.2 Å². The molecule has 12 heteroatoms. The first-order valence-corrected chi connectivity index (χ1v) is 10.2. The number of benzene rings is 2. The Bertz CT molecular complexity index is 1110. The van der Waals surface area contributed by atoms with E-state index in [-0.39, 0.29) is 25.4 Å². The van der Waals surface area contributed by atoms with E-state index in [4.69, 9.17) is 9.47 Å². The summed E-state index contributed by atoms with van der Waals surface area (Å²) >= 11 is 0. The molecule has 0 aliphatic carbocycles. The first-order chi connectivity index (χ1) is 16.2. The van der Waals surface area contributed by atoms with Gasteiger partial charge in [-0.25, -0.2) is 0 Å². The van der Waals surface area contributed by atoms with Crippen LogP contribution in [0.5, 0.6) is 5.75 Å². The van der Waals surface area contributed by atoms with E-state index in [0.717, 1.165) is 16.9 Å². The summed E-state index contributed by atoms with van der Waals surface area (Å²) in [7, 11) is 1.52. The fourth-order valence-corrected chi connectivity index (χ4v) is 3.08. The van der Waals surface area contributed by atoms with Gasteiger partial charge in [0.25, 0.3) is 0 Å². The summed E-state index contributed by atoms with van der Waals surface area (Å²) in [5, 5.41) is 14.4. The molecule has 180 valence electrons. The van der Waals surface area contributed by atoms with Crippen molar-refractivity contribution in [3.05, 3.63) is 59.7 Å². The number of hydrogen-bond acceptors (Lipinski definition) is 7. The van der Waals surface area contributed by atoms with Crippen LogP contribution in [0.3, 0.4) is 0 Å². The number of hydrogen-bond donors (Lipinski definition) is 1. The Morgan fingerprint density at radius 2 is 1.76 bits per heavy atom. The smallest absolute Gasteiger partial charge is 0.416 e. The standard InChI is InChI=1S/C22H22F3N5O4/c1-3-34-20(32)12-18(14-6-10-17(33-2)11-7-14)26-19(31)13-30-28-21(27-29-30)15-4-8-16(9-5-15)22(23,24)25/h4-11,18H,3,12-13H2,1-2H3,(H,26,31)/t18-/m0/s1. The summed E-state index contributed by atoms with van der Waals surface area (Å²) in [6.07, 6.45) is -4.54. The van der Waals surface area contributed by atoms with Crippen molar-refractivity contribution in [1.82, 2.24) is 25.5 Å². The van der Waals surface area contributed by atoms with Gasteiger partial charge in [0.15, 0.2) is 0 Å². The largest absolute Gasteiger partial charge is 0.497 e. The second kappa shape index (κ2) is 10.8. The average Bonchev–Trinajstić information content (AvgIpc) is 3.26. The number of halogens is 3. The minimum Gasteiger partial charge on any atom is -0.497 e. The zero-order chi connectivity index (χ0) is 24.7. The van der Waals surface area contributed by atoms with E-state index in [9.17, 15) is 22.8 Å². The van der Waals surface area contributed by atoms with Crippen molar-refractivity contribution in [3.8, 4) is 17.1 Å². The number of nitrogens with zero attached hydrogens (tertiary/aromatic N) is 4. The predicted molar refractivity (Wildman–Crippen MR) is 113 cm³/mol. The van der Waals surface area contributed by atoms with Crippen molar-refractivity contribution in [2.24, 2.45) is 0 Å². The summed E-state index contributed by atoms with van der Waals surface area (Å²) < 4.78 is 48.3. The lowest BCUT2D eigenvalue weighted by Crippen LogP contribution is -2.33. The number of aromatic nitrogens is 4. The number of amides is 1. The van der Waals surface area contributed by atoms with Crippen molar-refractivity contribution >= 4 is 11.9 Å². The predicted octanol–water partition coefficient (Wildman–Crippen LogP) is 3.18. The van der Waals surface area contributed by atoms with E-state index in [2.05, 4.69) is 20.7 Å². The number of carbonyl (C=O) groups excluding carboxylic acids is 2. The quantitative estimate of drug-likeness (QED) is 0.472. The van der Waals surface area contributed by atoms with Crippen LogP contribution >= 0.6 is 0 Å². The molecular weight excluding hydrogens is 455 g/mol. The van der Waals surface area contributed by atoms with Crippen molar-refractivity contribution in [1.29, 1.82) is 0 Å². The first-order valence-electron chi connectivity index (χ1n) is 10.2. The Hall–Kier alpha value is -3.96. The molecule has 1 amide bonds. The molecule has 34 heavy (non-hydrogen) atoms. The zero-order valence-electron chi connectivity index (χ0n) is 18.4. The number of alkyl halides is 3. The molecule has 3 rings (SSSR count). The van der Waals surface area contributed by atoms with Gasteiger partial charge >= 0.3 is 12.1 Å². The van der Waals surface area contributed by atoms with Gasteiger partial charge in [0.1, 0.15) is 12.3 Å². The fraction of sp³-hybridized carbons (Fsp3) is 0.318. The molecule has 1 aromatic heterocycles. The van der Waals surface area contributed by atoms with E-state index in [1.165, 1.54) is 19.2 Å². The molecule has 1 heterocycles. The molecule has 0 saturated carbocycles. The van der Waals surface area contributed by atoms with Crippen LogP contribution in [0.1, 0.15) is 30.5 Å². The molecule has 0 aliphatic heterocycles. The van der Waals surface area contributed by atoms with Gasteiger partial charge in [-0.05, 0) is 42.0 Å². The van der Waals surface area contributed by atoms with Crippen LogP contribution in [0.4, 0.5) is 13.2 Å². The van der Waals surface area contributed by atoms with Gasteiger partial charge in [0, 0.05) is 5.56 Å². The molecular formula is C22H22F3N5O4. The Labute approximate surface area is 192 Å². The maximum Gasteiger partial charge on any atom is 0.416 e. The Morgan fingerprint density at radius 1 is 1.09 bits per heavy atom. The number of rotatable bonds is 9. The van der Waals surface area contributed by atoms with Gasteiger partial charge in [-0.2, -0.15) is 18.0 Å². The van der Waals surface area contributed by atoms with E-state index in [1.807, 2.05) is 0 Å².